The fraction of sp³-hybridized carbons (Fsp3) is 0.333. The molecule has 23 heavy (non-hydrogen) atoms. The van der Waals surface area contributed by atoms with E-state index in [0.717, 1.165) is 28.5 Å². The molecule has 0 aromatic heterocycles. The van der Waals surface area contributed by atoms with Gasteiger partial charge in [0.25, 0.3) is 16.0 Å². The zero-order chi connectivity index (χ0) is 17.4. The van der Waals surface area contributed by atoms with Gasteiger partial charge in [0.15, 0.2) is 0 Å². The first-order valence-corrected chi connectivity index (χ1v) is 9.71. The fourth-order valence-electron chi connectivity index (χ4n) is 2.13. The van der Waals surface area contributed by atoms with Gasteiger partial charge in [0, 0.05) is 6.54 Å². The van der Waals surface area contributed by atoms with Crippen molar-refractivity contribution >= 4 is 49.9 Å². The van der Waals surface area contributed by atoms with E-state index in [1.54, 1.807) is 0 Å². The van der Waals surface area contributed by atoms with Gasteiger partial charge in [-0.25, -0.2) is 0 Å². The molecule has 0 aliphatic carbocycles. The lowest BCUT2D eigenvalue weighted by Gasteiger charge is -2.13. The topological polar surface area (TPSA) is 74.7 Å². The number of aryl methyl sites for hydroxylation is 2. The predicted octanol–water partition coefficient (Wildman–Crippen LogP) is 2.78. The molecule has 1 heterocycles. The normalized spacial score (nSPS) is 17.8. The lowest BCUT2D eigenvalue weighted by molar-refractivity contribution is -0.121. The summed E-state index contributed by atoms with van der Waals surface area (Å²) in [6, 6.07) is 5.95. The van der Waals surface area contributed by atoms with E-state index in [-0.39, 0.29) is 12.5 Å². The van der Waals surface area contributed by atoms with Crippen LogP contribution in [0.15, 0.2) is 23.1 Å². The molecule has 0 atom stereocenters. The van der Waals surface area contributed by atoms with Gasteiger partial charge in [-0.1, -0.05) is 42.2 Å². The summed E-state index contributed by atoms with van der Waals surface area (Å²) in [6.07, 6.45) is 0. The molecule has 0 saturated carbocycles. The quantitative estimate of drug-likeness (QED) is 0.498. The average Bonchev–Trinajstić information content (AvgIpc) is 2.73. The van der Waals surface area contributed by atoms with Gasteiger partial charge in [-0.15, -0.1) is 0 Å². The van der Waals surface area contributed by atoms with Crippen molar-refractivity contribution in [2.45, 2.75) is 20.8 Å². The summed E-state index contributed by atoms with van der Waals surface area (Å²) < 4.78 is 30.9. The van der Waals surface area contributed by atoms with Crippen molar-refractivity contribution in [1.82, 2.24) is 4.90 Å². The molecular formula is C15H17NO4S3. The third-order valence-electron chi connectivity index (χ3n) is 3.70. The summed E-state index contributed by atoms with van der Waals surface area (Å²) in [7, 11) is -4.14. The smallest absolute Gasteiger partial charge is 0.266 e. The van der Waals surface area contributed by atoms with Gasteiger partial charge in [-0.3, -0.25) is 14.2 Å². The number of thiocarbonyl (C=S) groups is 1. The van der Waals surface area contributed by atoms with Gasteiger partial charge < -0.3 is 0 Å². The first kappa shape index (κ1) is 18.1. The second-order valence-corrected chi connectivity index (χ2v) is 8.58. The molecule has 2 rings (SSSR count). The minimum atomic E-state index is -4.14. The molecule has 1 aromatic rings. The summed E-state index contributed by atoms with van der Waals surface area (Å²) in [5, 5.41) is 0. The van der Waals surface area contributed by atoms with Gasteiger partial charge in [0.2, 0.25) is 0 Å². The number of nitrogens with zero attached hydrogens (tertiary/aromatic N) is 1. The lowest BCUT2D eigenvalue weighted by atomic mass is 10.0. The van der Waals surface area contributed by atoms with Crippen LogP contribution in [0.3, 0.4) is 0 Å². The second kappa shape index (κ2) is 6.72. The Morgan fingerprint density at radius 1 is 1.30 bits per heavy atom. The number of hydrogen-bond donors (Lipinski definition) is 1. The molecule has 1 N–H and O–H groups in total. The molecule has 8 heteroatoms. The molecule has 1 aliphatic rings. The van der Waals surface area contributed by atoms with Gasteiger partial charge in [0.1, 0.15) is 4.32 Å². The van der Waals surface area contributed by atoms with E-state index in [2.05, 4.69) is 0 Å². The highest BCUT2D eigenvalue weighted by Crippen LogP contribution is 2.36. The number of amides is 1. The fourth-order valence-corrected chi connectivity index (χ4v) is 3.90. The van der Waals surface area contributed by atoms with E-state index in [9.17, 15) is 13.2 Å². The van der Waals surface area contributed by atoms with Crippen molar-refractivity contribution < 1.29 is 17.8 Å². The average molecular weight is 372 g/mol. The van der Waals surface area contributed by atoms with Crippen LogP contribution in [0.4, 0.5) is 0 Å². The van der Waals surface area contributed by atoms with E-state index < -0.39 is 15.9 Å². The van der Waals surface area contributed by atoms with Crippen molar-refractivity contribution in [3.05, 3.63) is 39.8 Å². The minimum Gasteiger partial charge on any atom is -0.292 e. The number of carbonyl (C=O) groups is 1. The monoisotopic (exact) mass is 371 g/mol. The summed E-state index contributed by atoms with van der Waals surface area (Å²) >= 11 is 6.31. The van der Waals surface area contributed by atoms with E-state index in [1.807, 2.05) is 39.0 Å². The lowest BCUT2D eigenvalue weighted by Crippen LogP contribution is -2.32. The standard InChI is InChI=1S/C15H17NO4S3/c1-9-4-5-12(8-10(9)2)11(3)13-14(17)16(15(21)22-13)6-7-23(18,19)20/h4-5,8H,6-7H2,1-3H3,(H,18,19,20)/b13-11-. The van der Waals surface area contributed by atoms with Crippen LogP contribution in [0.5, 0.6) is 0 Å². The van der Waals surface area contributed by atoms with Crippen molar-refractivity contribution in [3.8, 4) is 0 Å². The Kier molecular flexibility index (Phi) is 5.30. The SMILES string of the molecule is C/C(=C1/SC(=S)N(CCS(=O)(=O)O)C1=O)c1ccc(C)c(C)c1. The molecule has 0 spiro atoms. The maximum Gasteiger partial charge on any atom is 0.266 e. The molecule has 1 saturated heterocycles. The Morgan fingerprint density at radius 2 is 1.96 bits per heavy atom. The summed E-state index contributed by atoms with van der Waals surface area (Å²) in [6.45, 7) is 5.72. The van der Waals surface area contributed by atoms with Crippen LogP contribution < -0.4 is 0 Å². The summed E-state index contributed by atoms with van der Waals surface area (Å²) in [5.41, 5.74) is 4.04. The van der Waals surface area contributed by atoms with E-state index >= 15 is 0 Å². The van der Waals surface area contributed by atoms with Crippen LogP contribution in [-0.2, 0) is 14.9 Å². The molecule has 1 fully saturated rings. The van der Waals surface area contributed by atoms with Crippen LogP contribution >= 0.6 is 24.0 Å². The number of hydrogen-bond acceptors (Lipinski definition) is 5. The largest absolute Gasteiger partial charge is 0.292 e. The predicted molar refractivity (Wildman–Crippen MR) is 96.8 cm³/mol. The Bertz CT molecular complexity index is 812. The molecule has 0 radical (unpaired) electrons. The third kappa shape index (κ3) is 4.20. The van der Waals surface area contributed by atoms with Crippen molar-refractivity contribution in [3.63, 3.8) is 0 Å². The molecule has 0 unspecified atom stereocenters. The number of benzene rings is 1. The van der Waals surface area contributed by atoms with E-state index in [1.165, 1.54) is 10.5 Å². The van der Waals surface area contributed by atoms with Crippen molar-refractivity contribution in [2.24, 2.45) is 0 Å². The highest BCUT2D eigenvalue weighted by Gasteiger charge is 2.34. The molecule has 124 valence electrons. The number of rotatable bonds is 4. The molecular weight excluding hydrogens is 354 g/mol. The first-order chi connectivity index (χ1) is 10.6. The minimum absolute atomic E-state index is 0.146. The van der Waals surface area contributed by atoms with Gasteiger partial charge in [0.05, 0.1) is 10.7 Å². The van der Waals surface area contributed by atoms with Crippen LogP contribution in [0.1, 0.15) is 23.6 Å². The van der Waals surface area contributed by atoms with E-state index in [4.69, 9.17) is 16.8 Å². The molecule has 1 aliphatic heterocycles. The maximum absolute atomic E-state index is 12.5. The van der Waals surface area contributed by atoms with Crippen LogP contribution in [0.2, 0.25) is 0 Å². The maximum atomic E-state index is 12.5. The zero-order valence-corrected chi connectivity index (χ0v) is 15.4. The van der Waals surface area contributed by atoms with E-state index in [0.29, 0.717) is 9.23 Å². The summed E-state index contributed by atoms with van der Waals surface area (Å²) in [4.78, 5) is 14.2. The number of carbonyl (C=O) groups excluding carboxylic acids is 1. The molecule has 1 aromatic carbocycles. The van der Waals surface area contributed by atoms with Crippen LogP contribution in [0, 0.1) is 13.8 Å². The van der Waals surface area contributed by atoms with Crippen molar-refractivity contribution in [1.29, 1.82) is 0 Å². The Hall–Kier alpha value is -1.22. The Balaban J connectivity index is 2.31. The zero-order valence-electron chi connectivity index (χ0n) is 13.0. The molecule has 5 nitrogen and oxygen atoms in total. The number of allylic oxidation sites excluding steroid dienone is 1. The van der Waals surface area contributed by atoms with Crippen LogP contribution in [0.25, 0.3) is 5.57 Å². The summed E-state index contributed by atoms with van der Waals surface area (Å²) in [5.74, 6) is -0.852. The highest BCUT2D eigenvalue weighted by molar-refractivity contribution is 8.26. The van der Waals surface area contributed by atoms with Gasteiger partial charge in [-0.05, 0) is 43.0 Å². The second-order valence-electron chi connectivity index (χ2n) is 5.36. The molecule has 1 amide bonds. The van der Waals surface area contributed by atoms with Crippen LogP contribution in [-0.4, -0.2) is 40.4 Å². The molecule has 0 bridgehead atoms. The third-order valence-corrected chi connectivity index (χ3v) is 5.95. The Morgan fingerprint density at radius 3 is 2.52 bits per heavy atom. The van der Waals surface area contributed by atoms with Gasteiger partial charge in [-0.2, -0.15) is 8.42 Å². The first-order valence-electron chi connectivity index (χ1n) is 6.87. The highest BCUT2D eigenvalue weighted by atomic mass is 32.2. The number of thioether (sulfide) groups is 1. The Labute approximate surface area is 145 Å². The van der Waals surface area contributed by atoms with Crippen molar-refractivity contribution in [2.75, 3.05) is 12.3 Å². The van der Waals surface area contributed by atoms with Gasteiger partial charge >= 0.3 is 0 Å².